The Labute approximate surface area is 169 Å². The summed E-state index contributed by atoms with van der Waals surface area (Å²) < 4.78 is 2.03. The summed E-state index contributed by atoms with van der Waals surface area (Å²) in [5.74, 6) is 3.02. The number of hydrogen-bond acceptors (Lipinski definition) is 5. The van der Waals surface area contributed by atoms with E-state index in [4.69, 9.17) is 0 Å². The summed E-state index contributed by atoms with van der Waals surface area (Å²) in [6.07, 6.45) is 11.0. The molecule has 2 heterocycles. The molecular formula is C22H25N4O3+. The molecule has 1 aromatic carbocycles. The highest BCUT2D eigenvalue weighted by molar-refractivity contribution is 5.46. The van der Waals surface area contributed by atoms with Crippen LogP contribution in [0.15, 0.2) is 42.7 Å². The van der Waals surface area contributed by atoms with Crippen LogP contribution >= 0.6 is 0 Å². The molecule has 0 radical (unpaired) electrons. The Kier molecular flexibility index (Phi) is 3.44. The van der Waals surface area contributed by atoms with E-state index in [-0.39, 0.29) is 11.2 Å². The summed E-state index contributed by atoms with van der Waals surface area (Å²) in [6.45, 7) is 0.385. The van der Waals surface area contributed by atoms with Gasteiger partial charge in [-0.25, -0.2) is 9.47 Å². The van der Waals surface area contributed by atoms with Crippen molar-refractivity contribution in [3.63, 3.8) is 0 Å². The number of fused-ring (bicyclic) bond motifs is 1. The first kappa shape index (κ1) is 17.3. The number of hydrogen-bond donors (Lipinski definition) is 1. The fraction of sp³-hybridized carbons (Fsp3) is 0.545. The molecule has 0 amide bonds. The molecule has 0 spiro atoms. The van der Waals surface area contributed by atoms with Gasteiger partial charge in [0.15, 0.2) is 0 Å². The van der Waals surface area contributed by atoms with Crippen LogP contribution in [0.3, 0.4) is 0 Å². The summed E-state index contributed by atoms with van der Waals surface area (Å²) in [5, 5.41) is 23.2. The SMILES string of the molecule is O=[N+]([O-])c1ccc([C@]2(O)C[n+]3cccnc3N2C23CC4CC(CC(C4)C2)C3)cc1. The largest absolute Gasteiger partial charge is 0.397 e. The van der Waals surface area contributed by atoms with E-state index in [2.05, 4.69) is 9.88 Å². The average molecular weight is 393 g/mol. The van der Waals surface area contributed by atoms with Crippen molar-refractivity contribution in [2.75, 3.05) is 4.90 Å². The van der Waals surface area contributed by atoms with Gasteiger partial charge in [-0.15, -0.1) is 0 Å². The third-order valence-electron chi connectivity index (χ3n) is 7.78. The minimum Gasteiger partial charge on any atom is -0.353 e. The second kappa shape index (κ2) is 5.75. The zero-order valence-corrected chi connectivity index (χ0v) is 16.3. The van der Waals surface area contributed by atoms with Gasteiger partial charge in [0.05, 0.1) is 16.7 Å². The highest BCUT2D eigenvalue weighted by Gasteiger charge is 2.65. The molecule has 29 heavy (non-hydrogen) atoms. The Morgan fingerprint density at radius 1 is 1.10 bits per heavy atom. The molecule has 7 heteroatoms. The first-order valence-corrected chi connectivity index (χ1v) is 10.6. The van der Waals surface area contributed by atoms with Crippen LogP contribution in [0, 0.1) is 27.9 Å². The van der Waals surface area contributed by atoms with Gasteiger partial charge in [0.2, 0.25) is 5.72 Å². The maximum absolute atomic E-state index is 12.1. The molecule has 1 atom stereocenters. The summed E-state index contributed by atoms with van der Waals surface area (Å²) in [4.78, 5) is 17.6. The molecule has 1 aromatic heterocycles. The number of nitro groups is 1. The Morgan fingerprint density at radius 2 is 1.72 bits per heavy atom. The van der Waals surface area contributed by atoms with Gasteiger partial charge in [0.25, 0.3) is 5.69 Å². The maximum Gasteiger partial charge on any atom is 0.397 e. The quantitative estimate of drug-likeness (QED) is 0.492. The Morgan fingerprint density at radius 3 is 2.31 bits per heavy atom. The molecule has 0 saturated heterocycles. The minimum atomic E-state index is -1.25. The van der Waals surface area contributed by atoms with Crippen molar-refractivity contribution in [3.8, 4) is 0 Å². The number of benzene rings is 1. The monoisotopic (exact) mass is 393 g/mol. The van der Waals surface area contributed by atoms with Crippen LogP contribution in [0.5, 0.6) is 0 Å². The second-order valence-electron chi connectivity index (χ2n) is 9.65. The van der Waals surface area contributed by atoms with Gasteiger partial charge in [0, 0.05) is 23.8 Å². The van der Waals surface area contributed by atoms with Crippen LogP contribution < -0.4 is 9.47 Å². The van der Waals surface area contributed by atoms with E-state index in [0.29, 0.717) is 12.1 Å². The van der Waals surface area contributed by atoms with E-state index >= 15 is 0 Å². The molecule has 7 rings (SSSR count). The lowest BCUT2D eigenvalue weighted by Gasteiger charge is -2.59. The molecule has 4 saturated carbocycles. The van der Waals surface area contributed by atoms with E-state index in [0.717, 1.165) is 43.0 Å². The lowest BCUT2D eigenvalue weighted by atomic mass is 9.52. The average Bonchev–Trinajstić information content (AvgIpc) is 3.01. The second-order valence-corrected chi connectivity index (χ2v) is 9.65. The lowest BCUT2D eigenvalue weighted by molar-refractivity contribution is -0.685. The number of rotatable bonds is 3. The van der Waals surface area contributed by atoms with E-state index < -0.39 is 10.6 Å². The summed E-state index contributed by atoms with van der Waals surface area (Å²) >= 11 is 0. The van der Waals surface area contributed by atoms with Crippen LogP contribution in [0.25, 0.3) is 0 Å². The van der Waals surface area contributed by atoms with Crippen molar-refractivity contribution in [1.29, 1.82) is 0 Å². The third-order valence-corrected chi connectivity index (χ3v) is 7.78. The third kappa shape index (κ3) is 2.40. The van der Waals surface area contributed by atoms with Crippen molar-refractivity contribution in [3.05, 3.63) is 58.4 Å². The van der Waals surface area contributed by atoms with Crippen molar-refractivity contribution < 1.29 is 14.6 Å². The van der Waals surface area contributed by atoms with E-state index in [1.807, 2.05) is 16.8 Å². The highest BCUT2D eigenvalue weighted by atomic mass is 16.6. The summed E-state index contributed by atoms with van der Waals surface area (Å²) in [7, 11) is 0. The van der Waals surface area contributed by atoms with Crippen LogP contribution in [0.4, 0.5) is 11.6 Å². The summed E-state index contributed by atoms with van der Waals surface area (Å²) in [6, 6.07) is 8.29. The highest BCUT2D eigenvalue weighted by Crippen LogP contribution is 2.60. The van der Waals surface area contributed by atoms with Gasteiger partial charge in [-0.05, 0) is 68.4 Å². The predicted octanol–water partition coefficient (Wildman–Crippen LogP) is 2.91. The molecule has 1 N–H and O–H groups in total. The van der Waals surface area contributed by atoms with Gasteiger partial charge in [-0.2, -0.15) is 0 Å². The van der Waals surface area contributed by atoms with Crippen molar-refractivity contribution >= 4 is 11.6 Å². The number of aromatic nitrogens is 2. The van der Waals surface area contributed by atoms with Crippen molar-refractivity contribution in [1.82, 2.24) is 4.98 Å². The molecule has 0 unspecified atom stereocenters. The zero-order chi connectivity index (χ0) is 19.8. The van der Waals surface area contributed by atoms with Gasteiger partial charge < -0.3 is 5.11 Å². The fourth-order valence-electron chi connectivity index (χ4n) is 7.19. The van der Waals surface area contributed by atoms with Crippen LogP contribution in [0.2, 0.25) is 0 Å². The zero-order valence-electron chi connectivity index (χ0n) is 16.3. The normalized spacial score (nSPS) is 37.0. The van der Waals surface area contributed by atoms with Gasteiger partial charge in [-0.1, -0.05) is 4.98 Å². The number of aliphatic hydroxyl groups is 1. The number of nitro benzene ring substituents is 1. The molecule has 1 aliphatic heterocycles. The van der Waals surface area contributed by atoms with Crippen molar-refractivity contribution in [2.45, 2.75) is 56.3 Å². The number of anilines is 1. The van der Waals surface area contributed by atoms with Gasteiger partial charge in [-0.3, -0.25) is 10.1 Å². The Hall–Kier alpha value is -2.54. The lowest BCUT2D eigenvalue weighted by Crippen LogP contribution is -2.65. The molecule has 2 aromatic rings. The first-order valence-electron chi connectivity index (χ1n) is 10.6. The Balaban J connectivity index is 1.49. The number of non-ortho nitro benzene ring substituents is 1. The van der Waals surface area contributed by atoms with Gasteiger partial charge >= 0.3 is 5.95 Å². The van der Waals surface area contributed by atoms with Crippen LogP contribution in [-0.4, -0.2) is 20.6 Å². The molecule has 7 nitrogen and oxygen atoms in total. The maximum atomic E-state index is 12.1. The summed E-state index contributed by atoms with van der Waals surface area (Å²) in [5.41, 5.74) is -0.593. The Bertz CT molecular complexity index is 957. The molecule has 4 fully saturated rings. The predicted molar refractivity (Wildman–Crippen MR) is 105 cm³/mol. The van der Waals surface area contributed by atoms with Crippen LogP contribution in [-0.2, 0) is 12.3 Å². The van der Waals surface area contributed by atoms with Crippen molar-refractivity contribution in [2.24, 2.45) is 17.8 Å². The van der Waals surface area contributed by atoms with Gasteiger partial charge in [0.1, 0.15) is 12.7 Å². The topological polar surface area (TPSA) is 83.4 Å². The number of nitrogens with zero attached hydrogens (tertiary/aromatic N) is 4. The van der Waals surface area contributed by atoms with Crippen LogP contribution in [0.1, 0.15) is 44.1 Å². The van der Waals surface area contributed by atoms with E-state index in [1.165, 1.54) is 31.4 Å². The van der Waals surface area contributed by atoms with E-state index in [1.54, 1.807) is 18.3 Å². The van der Waals surface area contributed by atoms with E-state index in [9.17, 15) is 15.2 Å². The standard InChI is InChI=1S/C22H25N4O3/c27-22(18-2-4-19(5-3-18)26(28)29)14-24-7-1-6-23-20(24)25(22)21-11-15-8-16(12-21)10-17(9-15)13-21/h1-7,15-17,27H,8-14H2/q+1/t15?,16?,17?,21?,22-/m1/s1. The molecule has 4 bridgehead atoms. The molecule has 5 aliphatic rings. The first-order chi connectivity index (χ1) is 14.0. The fourth-order valence-corrected chi connectivity index (χ4v) is 7.19. The molecule has 4 aliphatic carbocycles. The molecule has 150 valence electrons. The minimum absolute atomic E-state index is 0.0417. The molecular weight excluding hydrogens is 368 g/mol. The smallest absolute Gasteiger partial charge is 0.353 e.